The Balaban J connectivity index is 2.09. The van der Waals surface area contributed by atoms with Crippen molar-refractivity contribution in [1.29, 1.82) is 0 Å². The minimum Gasteiger partial charge on any atom is -0.392 e. The first kappa shape index (κ1) is 12.3. The molecule has 1 aliphatic carbocycles. The van der Waals surface area contributed by atoms with E-state index in [1.807, 2.05) is 0 Å². The topological polar surface area (TPSA) is 40.5 Å². The summed E-state index contributed by atoms with van der Waals surface area (Å²) in [5.74, 6) is 0. The van der Waals surface area contributed by atoms with Crippen molar-refractivity contribution >= 4 is 11.8 Å². The maximum atomic E-state index is 9.71. The lowest BCUT2D eigenvalue weighted by Gasteiger charge is -2.18. The maximum absolute atomic E-state index is 9.71. The van der Waals surface area contributed by atoms with E-state index >= 15 is 0 Å². The van der Waals surface area contributed by atoms with Crippen LogP contribution < -0.4 is 0 Å². The summed E-state index contributed by atoms with van der Waals surface area (Å²) in [5, 5.41) is 19.6. The van der Waals surface area contributed by atoms with Crippen LogP contribution in [0.1, 0.15) is 51.9 Å². The minimum absolute atomic E-state index is 0.180. The molecule has 2 nitrogen and oxygen atoms in total. The molecular weight excluding hydrogens is 196 g/mol. The Hall–Kier alpha value is 0.270. The molecule has 0 bridgehead atoms. The van der Waals surface area contributed by atoms with E-state index in [1.165, 1.54) is 12.8 Å². The van der Waals surface area contributed by atoms with Crippen LogP contribution in [0.2, 0.25) is 0 Å². The molecule has 0 aromatic carbocycles. The Morgan fingerprint density at radius 2 is 2.14 bits per heavy atom. The quantitative estimate of drug-likeness (QED) is 0.531. The zero-order valence-corrected chi connectivity index (χ0v) is 9.80. The maximum Gasteiger partial charge on any atom is 0.0996 e. The van der Waals surface area contributed by atoms with Crippen molar-refractivity contribution in [3.05, 3.63) is 0 Å². The van der Waals surface area contributed by atoms with Gasteiger partial charge in [0.1, 0.15) is 0 Å². The molecule has 1 rings (SSSR count). The lowest BCUT2D eigenvalue weighted by molar-refractivity contribution is 0.184. The highest BCUT2D eigenvalue weighted by atomic mass is 32.2. The Morgan fingerprint density at radius 1 is 1.36 bits per heavy atom. The molecule has 0 spiro atoms. The van der Waals surface area contributed by atoms with Crippen LogP contribution in [-0.2, 0) is 0 Å². The Bertz CT molecular complexity index is 152. The van der Waals surface area contributed by atoms with Crippen molar-refractivity contribution in [2.24, 2.45) is 0 Å². The van der Waals surface area contributed by atoms with Crippen LogP contribution in [0.3, 0.4) is 0 Å². The third-order valence-electron chi connectivity index (χ3n) is 2.80. The van der Waals surface area contributed by atoms with E-state index in [1.54, 1.807) is 11.8 Å². The summed E-state index contributed by atoms with van der Waals surface area (Å²) in [7, 11) is 0. The van der Waals surface area contributed by atoms with Gasteiger partial charge in [-0.05, 0) is 25.7 Å². The van der Waals surface area contributed by atoms with Crippen molar-refractivity contribution in [3.63, 3.8) is 0 Å². The second-order valence-corrected chi connectivity index (χ2v) is 5.55. The monoisotopic (exact) mass is 218 g/mol. The third kappa shape index (κ3) is 4.20. The van der Waals surface area contributed by atoms with Gasteiger partial charge in [0.05, 0.1) is 11.5 Å². The number of aliphatic hydroxyl groups is 2. The highest BCUT2D eigenvalue weighted by Gasteiger charge is 2.27. The molecule has 1 fully saturated rings. The molecule has 0 saturated heterocycles. The molecule has 14 heavy (non-hydrogen) atoms. The molecule has 84 valence electrons. The molecule has 3 unspecified atom stereocenters. The fraction of sp³-hybridized carbons (Fsp3) is 1.00. The van der Waals surface area contributed by atoms with Crippen LogP contribution in [0.4, 0.5) is 0 Å². The zero-order valence-electron chi connectivity index (χ0n) is 8.98. The smallest absolute Gasteiger partial charge is 0.0996 e. The molecule has 3 atom stereocenters. The Morgan fingerprint density at radius 3 is 2.71 bits per heavy atom. The molecule has 2 N–H and O–H groups in total. The van der Waals surface area contributed by atoms with Gasteiger partial charge in [0.2, 0.25) is 0 Å². The van der Waals surface area contributed by atoms with Crippen molar-refractivity contribution in [2.45, 2.75) is 68.7 Å². The first-order valence-corrected chi connectivity index (χ1v) is 6.70. The summed E-state index contributed by atoms with van der Waals surface area (Å²) in [6.07, 6.45) is 7.29. The van der Waals surface area contributed by atoms with E-state index < -0.39 is 0 Å². The average Bonchev–Trinajstić information content (AvgIpc) is 2.52. The summed E-state index contributed by atoms with van der Waals surface area (Å²) < 4.78 is 0. The first-order chi connectivity index (χ1) is 6.74. The lowest BCUT2D eigenvalue weighted by Crippen LogP contribution is -2.19. The molecule has 0 aromatic heterocycles. The number of aliphatic hydroxyl groups excluding tert-OH is 2. The molecule has 3 heteroatoms. The van der Waals surface area contributed by atoms with Gasteiger partial charge in [0.25, 0.3) is 0 Å². The van der Waals surface area contributed by atoms with Gasteiger partial charge < -0.3 is 10.2 Å². The van der Waals surface area contributed by atoms with E-state index in [-0.39, 0.29) is 16.8 Å². The molecule has 1 saturated carbocycles. The predicted molar refractivity (Wildman–Crippen MR) is 61.4 cm³/mol. The lowest BCUT2D eigenvalue weighted by atomic mass is 10.2. The largest absolute Gasteiger partial charge is 0.392 e. The van der Waals surface area contributed by atoms with Gasteiger partial charge in [-0.1, -0.05) is 26.2 Å². The summed E-state index contributed by atoms with van der Waals surface area (Å²) >= 11 is 1.57. The van der Waals surface area contributed by atoms with Gasteiger partial charge in [-0.3, -0.25) is 0 Å². The van der Waals surface area contributed by atoms with Gasteiger partial charge in [0.15, 0.2) is 0 Å². The van der Waals surface area contributed by atoms with Crippen LogP contribution in [0.5, 0.6) is 0 Å². The fourth-order valence-electron chi connectivity index (χ4n) is 1.90. The van der Waals surface area contributed by atoms with E-state index in [2.05, 4.69) is 6.92 Å². The van der Waals surface area contributed by atoms with Crippen LogP contribution in [-0.4, -0.2) is 27.0 Å². The van der Waals surface area contributed by atoms with E-state index in [9.17, 15) is 10.2 Å². The number of rotatable bonds is 6. The van der Waals surface area contributed by atoms with Crippen molar-refractivity contribution in [3.8, 4) is 0 Å². The van der Waals surface area contributed by atoms with Gasteiger partial charge in [-0.2, -0.15) is 0 Å². The van der Waals surface area contributed by atoms with Crippen molar-refractivity contribution in [1.82, 2.24) is 0 Å². The number of unbranched alkanes of at least 4 members (excludes halogenated alkanes) is 2. The van der Waals surface area contributed by atoms with Crippen molar-refractivity contribution in [2.75, 3.05) is 0 Å². The first-order valence-electron chi connectivity index (χ1n) is 5.75. The Labute approximate surface area is 91.1 Å². The van der Waals surface area contributed by atoms with E-state index in [0.717, 1.165) is 32.1 Å². The van der Waals surface area contributed by atoms with E-state index in [4.69, 9.17) is 0 Å². The summed E-state index contributed by atoms with van der Waals surface area (Å²) in [5.41, 5.74) is -0.265. The molecule has 0 amide bonds. The fourth-order valence-corrected chi connectivity index (χ4v) is 3.23. The zero-order chi connectivity index (χ0) is 10.4. The van der Waals surface area contributed by atoms with Crippen molar-refractivity contribution < 1.29 is 10.2 Å². The third-order valence-corrected chi connectivity index (χ3v) is 4.25. The van der Waals surface area contributed by atoms with E-state index in [0.29, 0.717) is 0 Å². The molecule has 1 aliphatic rings. The summed E-state index contributed by atoms with van der Waals surface area (Å²) in [6, 6.07) is 0. The molecule has 0 aliphatic heterocycles. The second-order valence-electron chi connectivity index (χ2n) is 4.12. The highest BCUT2D eigenvalue weighted by Crippen LogP contribution is 2.33. The van der Waals surface area contributed by atoms with Crippen LogP contribution in [0.25, 0.3) is 0 Å². The number of thioether (sulfide) groups is 1. The van der Waals surface area contributed by atoms with Crippen LogP contribution in [0.15, 0.2) is 0 Å². The highest BCUT2D eigenvalue weighted by molar-refractivity contribution is 8.00. The summed E-state index contributed by atoms with van der Waals surface area (Å²) in [4.78, 5) is 0. The molecular formula is C11H22O2S. The molecule has 0 aromatic rings. The minimum atomic E-state index is -0.265. The number of hydrogen-bond donors (Lipinski definition) is 2. The second kappa shape index (κ2) is 6.70. The van der Waals surface area contributed by atoms with Gasteiger partial charge >= 0.3 is 0 Å². The predicted octanol–water partition coefficient (Wildman–Crippen LogP) is 2.53. The molecule has 0 heterocycles. The van der Waals surface area contributed by atoms with Gasteiger partial charge in [0, 0.05) is 5.25 Å². The SMILES string of the molecule is CCCCCC(O)SC1CCCC1O. The van der Waals surface area contributed by atoms with Gasteiger partial charge in [-0.25, -0.2) is 0 Å². The van der Waals surface area contributed by atoms with Crippen LogP contribution >= 0.6 is 11.8 Å². The normalized spacial score (nSPS) is 29.4. The average molecular weight is 218 g/mol. The molecule has 0 radical (unpaired) electrons. The van der Waals surface area contributed by atoms with Crippen LogP contribution in [0, 0.1) is 0 Å². The standard InChI is InChI=1S/C11H22O2S/c1-2-3-4-8-11(13)14-10-7-5-6-9(10)12/h9-13H,2-8H2,1H3. The Kier molecular flexibility index (Phi) is 5.90. The number of hydrogen-bond acceptors (Lipinski definition) is 3. The summed E-state index contributed by atoms with van der Waals surface area (Å²) in [6.45, 7) is 2.17. The van der Waals surface area contributed by atoms with Gasteiger partial charge in [-0.15, -0.1) is 11.8 Å².